The second kappa shape index (κ2) is 14.5. The van der Waals surface area contributed by atoms with Crippen LogP contribution in [0.5, 0.6) is 11.5 Å². The predicted molar refractivity (Wildman–Crippen MR) is 212 cm³/mol. The molecule has 2 saturated heterocycles. The molecule has 0 spiro atoms. The Kier molecular flexibility index (Phi) is 9.32. The number of hydrogen-bond donors (Lipinski definition) is 1. The number of fused-ring (bicyclic) bond motifs is 4. The first kappa shape index (κ1) is 36.1. The van der Waals surface area contributed by atoms with Gasteiger partial charge in [-0.3, -0.25) is 29.0 Å². The summed E-state index contributed by atoms with van der Waals surface area (Å²) in [6, 6.07) is 34.2. The monoisotopic (exact) mass is 746 g/mol. The summed E-state index contributed by atoms with van der Waals surface area (Å²) in [4.78, 5) is 63.8. The van der Waals surface area contributed by atoms with Crippen LogP contribution in [0.4, 0.5) is 0 Å². The average Bonchev–Trinajstić information content (AvgIpc) is 3.49. The number of likely N-dealkylation sites (tertiary alicyclic amines) is 2. The van der Waals surface area contributed by atoms with Gasteiger partial charge in [-0.05, 0) is 79.0 Å². The molecule has 6 atom stereocenters. The van der Waals surface area contributed by atoms with Gasteiger partial charge < -0.3 is 9.84 Å². The number of phenols is 1. The van der Waals surface area contributed by atoms with E-state index >= 15 is 9.59 Å². The highest BCUT2D eigenvalue weighted by Gasteiger charge is 2.66. The number of rotatable bonds is 8. The molecular weight excluding hydrogens is 701 g/mol. The molecule has 4 aromatic carbocycles. The molecule has 1 N–H and O–H groups in total. The number of phenolic OH excluding ortho intramolecular Hbond substituents is 1. The predicted octanol–water partition coefficient (Wildman–Crippen LogP) is 7.28. The van der Waals surface area contributed by atoms with Gasteiger partial charge in [-0.15, -0.1) is 0 Å². The molecule has 3 aliphatic carbocycles. The number of amides is 2. The largest absolute Gasteiger partial charge is 0.504 e. The van der Waals surface area contributed by atoms with Crippen LogP contribution in [0.3, 0.4) is 0 Å². The Hall–Kier alpha value is -5.60. The molecule has 9 rings (SSSR count). The molecule has 5 aliphatic rings. The normalized spacial score (nSPS) is 27.9. The van der Waals surface area contributed by atoms with Crippen molar-refractivity contribution in [2.24, 2.45) is 23.7 Å². The fourth-order valence-corrected chi connectivity index (χ4v) is 10.8. The van der Waals surface area contributed by atoms with E-state index < -0.39 is 35.0 Å². The van der Waals surface area contributed by atoms with Crippen molar-refractivity contribution in [2.75, 3.05) is 19.7 Å². The van der Waals surface area contributed by atoms with Crippen LogP contribution >= 0.6 is 0 Å². The van der Waals surface area contributed by atoms with Crippen LogP contribution in [0.1, 0.15) is 60.8 Å². The van der Waals surface area contributed by atoms with Gasteiger partial charge in [0.25, 0.3) is 0 Å². The minimum absolute atomic E-state index is 0.0229. The molecule has 8 heteroatoms. The number of benzene rings is 4. The molecule has 0 bridgehead atoms. The van der Waals surface area contributed by atoms with Crippen molar-refractivity contribution >= 4 is 29.0 Å². The summed E-state index contributed by atoms with van der Waals surface area (Å²) in [5.74, 6) is -3.45. The first-order valence-electron chi connectivity index (χ1n) is 20.0. The maximum Gasteiger partial charge on any atom is 0.233 e. The standard InChI is InChI=1S/C48H46N2O6/c1-2-56-41-26-32(18-21-40(41)51)44-35-19-20-36-43(47(55)50(46(36)54)34-22-24-49(25-23-34)29-30-12-6-3-7-13-30)38(35)27-39-45(53)37(31-14-8-4-9-15-31)28-42(52)48(39,44)33-16-10-5-11-17-33/h3-19,21,26,28,34,36,38-39,43-44,51H,2,20,22-25,27,29H2,1H3. The highest BCUT2D eigenvalue weighted by Crippen LogP contribution is 2.64. The van der Waals surface area contributed by atoms with Gasteiger partial charge in [-0.25, -0.2) is 0 Å². The van der Waals surface area contributed by atoms with Crippen LogP contribution in [0.2, 0.25) is 0 Å². The molecular formula is C48H46N2O6. The molecule has 2 amide bonds. The van der Waals surface area contributed by atoms with Crippen molar-refractivity contribution in [3.8, 4) is 11.5 Å². The first-order valence-corrected chi connectivity index (χ1v) is 20.0. The number of ether oxygens (including phenoxy) is 1. The lowest BCUT2D eigenvalue weighted by Gasteiger charge is -2.55. The lowest BCUT2D eigenvalue weighted by Crippen LogP contribution is -2.58. The molecule has 3 fully saturated rings. The molecule has 8 nitrogen and oxygen atoms in total. The third-order valence-electron chi connectivity index (χ3n) is 13.2. The average molecular weight is 747 g/mol. The molecule has 284 valence electrons. The molecule has 1 saturated carbocycles. The number of aromatic hydroxyl groups is 1. The Morgan fingerprint density at radius 2 is 1.48 bits per heavy atom. The molecule has 2 aliphatic heterocycles. The van der Waals surface area contributed by atoms with Gasteiger partial charge in [-0.2, -0.15) is 0 Å². The van der Waals surface area contributed by atoms with E-state index in [4.69, 9.17) is 4.74 Å². The van der Waals surface area contributed by atoms with Gasteiger partial charge in [0.05, 0.1) is 23.9 Å². The van der Waals surface area contributed by atoms with Gasteiger partial charge in [0.2, 0.25) is 11.8 Å². The molecule has 4 aromatic rings. The highest BCUT2D eigenvalue weighted by atomic mass is 16.5. The second-order valence-electron chi connectivity index (χ2n) is 16.0. The number of nitrogens with zero attached hydrogens (tertiary/aromatic N) is 2. The summed E-state index contributed by atoms with van der Waals surface area (Å²) in [7, 11) is 0. The Morgan fingerprint density at radius 1 is 0.804 bits per heavy atom. The van der Waals surface area contributed by atoms with Gasteiger partial charge in [0, 0.05) is 43.1 Å². The highest BCUT2D eigenvalue weighted by molar-refractivity contribution is 6.31. The van der Waals surface area contributed by atoms with Crippen LogP contribution in [0.25, 0.3) is 5.57 Å². The second-order valence-corrected chi connectivity index (χ2v) is 16.0. The first-order chi connectivity index (χ1) is 27.3. The number of carbonyl (C=O) groups excluding carboxylic acids is 4. The van der Waals surface area contributed by atoms with E-state index in [0.29, 0.717) is 42.6 Å². The van der Waals surface area contributed by atoms with Crippen molar-refractivity contribution in [3.05, 3.63) is 149 Å². The van der Waals surface area contributed by atoms with Crippen molar-refractivity contribution in [1.29, 1.82) is 0 Å². The summed E-state index contributed by atoms with van der Waals surface area (Å²) >= 11 is 0. The van der Waals surface area contributed by atoms with Gasteiger partial charge >= 0.3 is 0 Å². The number of Topliss-reactive ketones (excluding diaryl/α,β-unsaturated/α-hetero) is 1. The summed E-state index contributed by atoms with van der Waals surface area (Å²) in [5.41, 5.74) is 3.27. The van der Waals surface area contributed by atoms with Crippen molar-refractivity contribution in [1.82, 2.24) is 9.80 Å². The molecule has 6 unspecified atom stereocenters. The maximum absolute atomic E-state index is 15.3. The van der Waals surface area contributed by atoms with Crippen LogP contribution in [-0.4, -0.2) is 64.0 Å². The molecule has 0 radical (unpaired) electrons. The maximum atomic E-state index is 15.3. The van der Waals surface area contributed by atoms with Gasteiger partial charge in [0.15, 0.2) is 23.1 Å². The topological polar surface area (TPSA) is 104 Å². The zero-order valence-corrected chi connectivity index (χ0v) is 31.6. The van der Waals surface area contributed by atoms with Gasteiger partial charge in [-0.1, -0.05) is 109 Å². The van der Waals surface area contributed by atoms with Crippen LogP contribution in [0, 0.1) is 23.7 Å². The SMILES string of the molecule is CCOc1cc(C2C3=CCC4C(=O)N(C5CCN(Cc6ccccc6)CC5)C(=O)C4C3CC3C(=O)C(c4ccccc4)=CC(=O)C32c2ccccc2)ccc1O. The number of ketones is 2. The van der Waals surface area contributed by atoms with E-state index in [0.717, 1.165) is 30.8 Å². The van der Waals surface area contributed by atoms with E-state index in [1.54, 1.807) is 17.0 Å². The quantitative estimate of drug-likeness (QED) is 0.149. The van der Waals surface area contributed by atoms with Crippen LogP contribution in [0.15, 0.2) is 127 Å². The summed E-state index contributed by atoms with van der Waals surface area (Å²) in [6.45, 7) is 4.57. The number of allylic oxidation sites excluding steroid dienone is 4. The smallest absolute Gasteiger partial charge is 0.233 e. The molecule has 2 heterocycles. The van der Waals surface area contributed by atoms with Crippen molar-refractivity contribution in [3.63, 3.8) is 0 Å². The Morgan fingerprint density at radius 3 is 2.18 bits per heavy atom. The summed E-state index contributed by atoms with van der Waals surface area (Å²) < 4.78 is 5.88. The third kappa shape index (κ3) is 5.76. The van der Waals surface area contributed by atoms with Crippen molar-refractivity contribution in [2.45, 2.75) is 56.5 Å². The number of carbonyl (C=O) groups is 4. The number of imide groups is 1. The number of hydrogen-bond acceptors (Lipinski definition) is 7. The van der Waals surface area contributed by atoms with E-state index in [1.807, 2.05) is 91.9 Å². The van der Waals surface area contributed by atoms with E-state index in [-0.39, 0.29) is 47.3 Å². The van der Waals surface area contributed by atoms with Crippen LogP contribution in [-0.2, 0) is 31.1 Å². The lowest BCUT2D eigenvalue weighted by molar-refractivity contribution is -0.144. The minimum Gasteiger partial charge on any atom is -0.504 e. The lowest BCUT2D eigenvalue weighted by atomic mass is 9.44. The Bertz CT molecular complexity index is 2240. The van der Waals surface area contributed by atoms with E-state index in [9.17, 15) is 14.7 Å². The van der Waals surface area contributed by atoms with E-state index in [1.165, 1.54) is 11.6 Å². The zero-order valence-electron chi connectivity index (χ0n) is 31.6. The fourth-order valence-electron chi connectivity index (χ4n) is 10.8. The molecule has 0 aromatic heterocycles. The number of piperidine rings is 1. The van der Waals surface area contributed by atoms with E-state index in [2.05, 4.69) is 23.1 Å². The fraction of sp³-hybridized carbons (Fsp3) is 0.333. The minimum atomic E-state index is -1.34. The molecule has 56 heavy (non-hydrogen) atoms. The Labute approximate surface area is 327 Å². The Balaban J connectivity index is 1.14. The summed E-state index contributed by atoms with van der Waals surface area (Å²) in [6.07, 6.45) is 5.68. The third-order valence-corrected chi connectivity index (χ3v) is 13.2. The zero-order chi connectivity index (χ0) is 38.6. The summed E-state index contributed by atoms with van der Waals surface area (Å²) in [5, 5.41) is 10.8. The van der Waals surface area contributed by atoms with Crippen molar-refractivity contribution < 1.29 is 29.0 Å². The van der Waals surface area contributed by atoms with Gasteiger partial charge in [0.1, 0.15) is 0 Å². The van der Waals surface area contributed by atoms with Crippen LogP contribution < -0.4 is 4.74 Å².